The van der Waals surface area contributed by atoms with E-state index in [0.29, 0.717) is 22.5 Å². The molecule has 3 amide bonds. The van der Waals surface area contributed by atoms with Crippen LogP contribution in [0.5, 0.6) is 5.75 Å². The zero-order valence-electron chi connectivity index (χ0n) is 18.3. The van der Waals surface area contributed by atoms with Crippen LogP contribution in [-0.2, 0) is 19.6 Å². The second-order valence-electron chi connectivity index (χ2n) is 7.15. The fourth-order valence-corrected chi connectivity index (χ4v) is 5.64. The second kappa shape index (κ2) is 10.6. The highest BCUT2D eigenvalue weighted by Crippen LogP contribution is 2.29. The number of hydrogen-bond acceptors (Lipinski definition) is 10. The first-order chi connectivity index (χ1) is 16.8. The zero-order valence-corrected chi connectivity index (χ0v) is 20.8. The van der Waals surface area contributed by atoms with E-state index in [1.807, 2.05) is 0 Å². The molecule has 0 atom stereocenters. The number of sulfonamides is 1. The molecule has 0 spiro atoms. The lowest BCUT2D eigenvalue weighted by molar-refractivity contribution is -0.125. The van der Waals surface area contributed by atoms with E-state index in [4.69, 9.17) is 9.15 Å². The van der Waals surface area contributed by atoms with Gasteiger partial charge in [-0.15, -0.1) is 0 Å². The Labute approximate surface area is 209 Å². The lowest BCUT2D eigenvalue weighted by Gasteiger charge is -2.12. The molecule has 0 unspecified atom stereocenters. The van der Waals surface area contributed by atoms with Crippen LogP contribution in [0.2, 0.25) is 0 Å². The number of anilines is 1. The summed E-state index contributed by atoms with van der Waals surface area (Å²) < 4.78 is 39.0. The third-order valence-corrected chi connectivity index (χ3v) is 7.88. The normalized spacial score (nSPS) is 13.9. The first kappa shape index (κ1) is 24.9. The summed E-state index contributed by atoms with van der Waals surface area (Å²) in [6.45, 7) is 0.259. The summed E-state index contributed by atoms with van der Waals surface area (Å²) in [6.07, 6.45) is 0. The number of carbonyl (C=O) groups is 3. The Morgan fingerprint density at radius 1 is 1.26 bits per heavy atom. The van der Waals surface area contributed by atoms with Gasteiger partial charge in [-0.3, -0.25) is 24.0 Å². The number of carbonyl (C=O) groups excluding carboxylic acids is 3. The number of hydrogen-bond donors (Lipinski definition) is 2. The number of amides is 3. The zero-order chi connectivity index (χ0) is 25.0. The summed E-state index contributed by atoms with van der Waals surface area (Å²) in [5.74, 6) is -0.0972. The molecule has 3 aromatic rings. The van der Waals surface area contributed by atoms with Crippen molar-refractivity contribution in [2.75, 3.05) is 36.4 Å². The molecule has 2 aromatic carbocycles. The van der Waals surface area contributed by atoms with Gasteiger partial charge in [-0.05, 0) is 30.3 Å². The summed E-state index contributed by atoms with van der Waals surface area (Å²) >= 11 is 1.97. The topological polar surface area (TPSA) is 148 Å². The summed E-state index contributed by atoms with van der Waals surface area (Å²) in [7, 11) is -2.47. The lowest BCUT2D eigenvalue weighted by atomic mass is 10.3. The van der Waals surface area contributed by atoms with Crippen molar-refractivity contribution >= 4 is 67.4 Å². The van der Waals surface area contributed by atoms with Gasteiger partial charge in [0.05, 0.1) is 29.2 Å². The average molecular weight is 537 g/mol. The molecule has 1 aliphatic heterocycles. The molecular formula is C21H20N4O7S3. The molecular weight excluding hydrogens is 516 g/mol. The Balaban J connectivity index is 1.35. The van der Waals surface area contributed by atoms with Crippen LogP contribution >= 0.6 is 23.5 Å². The summed E-state index contributed by atoms with van der Waals surface area (Å²) in [4.78, 5) is 40.6. The van der Waals surface area contributed by atoms with E-state index >= 15 is 0 Å². The van der Waals surface area contributed by atoms with Gasteiger partial charge in [-0.2, -0.15) is 0 Å². The van der Waals surface area contributed by atoms with Gasteiger partial charge >= 0.3 is 0 Å². The smallest absolute Gasteiger partial charge is 0.288 e. The minimum atomic E-state index is -3.92. The number of fused-ring (bicyclic) bond motifs is 1. The van der Waals surface area contributed by atoms with E-state index in [-0.39, 0.29) is 51.8 Å². The van der Waals surface area contributed by atoms with Crippen LogP contribution in [0.4, 0.5) is 10.5 Å². The van der Waals surface area contributed by atoms with E-state index in [1.54, 1.807) is 24.3 Å². The van der Waals surface area contributed by atoms with Gasteiger partial charge in [0.25, 0.3) is 20.5 Å². The van der Waals surface area contributed by atoms with E-state index < -0.39 is 10.0 Å². The van der Waals surface area contributed by atoms with Gasteiger partial charge in [-0.1, -0.05) is 35.7 Å². The summed E-state index contributed by atoms with van der Waals surface area (Å²) in [6, 6.07) is 10.9. The van der Waals surface area contributed by atoms with Crippen molar-refractivity contribution in [1.29, 1.82) is 0 Å². The van der Waals surface area contributed by atoms with E-state index in [0.717, 1.165) is 28.4 Å². The van der Waals surface area contributed by atoms with Gasteiger partial charge in [0, 0.05) is 13.1 Å². The van der Waals surface area contributed by atoms with Crippen molar-refractivity contribution in [2.45, 2.75) is 10.1 Å². The maximum absolute atomic E-state index is 12.8. The van der Waals surface area contributed by atoms with Crippen LogP contribution in [0.3, 0.4) is 0 Å². The molecule has 0 bridgehead atoms. The largest absolute Gasteiger partial charge is 0.495 e. The Bertz CT molecular complexity index is 1370. The van der Waals surface area contributed by atoms with Gasteiger partial charge < -0.3 is 14.5 Å². The number of aromatic nitrogens is 1. The molecule has 11 nitrogen and oxygen atoms in total. The summed E-state index contributed by atoms with van der Waals surface area (Å²) in [5.41, 5.74) is 0.988. The number of oxazole rings is 1. The van der Waals surface area contributed by atoms with Gasteiger partial charge in [0.15, 0.2) is 5.58 Å². The number of para-hydroxylation sites is 2. The first-order valence-corrected chi connectivity index (χ1v) is 13.7. The fraction of sp³-hybridized carbons (Fsp3) is 0.238. The molecule has 1 aromatic heterocycles. The van der Waals surface area contributed by atoms with E-state index in [2.05, 4.69) is 15.0 Å². The number of imide groups is 1. The Morgan fingerprint density at radius 3 is 2.80 bits per heavy atom. The fourth-order valence-electron chi connectivity index (χ4n) is 3.13. The first-order valence-electron chi connectivity index (χ1n) is 10.2. The molecule has 14 heteroatoms. The second-order valence-corrected chi connectivity index (χ2v) is 10.7. The minimum absolute atomic E-state index is 0.00994. The molecule has 1 aliphatic rings. The SMILES string of the molecule is COc1ccccc1NS(=O)(=O)c1ccc2oc(SCC(=O)NCCN3C(=O)CSC3=O)nc2c1. The predicted molar refractivity (Wildman–Crippen MR) is 131 cm³/mol. The van der Waals surface area contributed by atoms with Crippen molar-refractivity contribution < 1.29 is 32.0 Å². The maximum Gasteiger partial charge on any atom is 0.288 e. The third kappa shape index (κ3) is 5.89. The number of nitrogens with one attached hydrogen (secondary N) is 2. The molecule has 2 heterocycles. The molecule has 4 rings (SSSR count). The van der Waals surface area contributed by atoms with Gasteiger partial charge in [0.1, 0.15) is 11.3 Å². The van der Waals surface area contributed by atoms with Crippen molar-refractivity contribution in [3.8, 4) is 5.75 Å². The number of thioether (sulfide) groups is 2. The maximum atomic E-state index is 12.8. The van der Waals surface area contributed by atoms with Crippen molar-refractivity contribution in [2.24, 2.45) is 0 Å². The molecule has 0 aliphatic carbocycles. The number of methoxy groups -OCH3 is 1. The molecule has 35 heavy (non-hydrogen) atoms. The molecule has 2 N–H and O–H groups in total. The number of ether oxygens (including phenoxy) is 1. The molecule has 184 valence electrons. The molecule has 0 radical (unpaired) electrons. The molecule has 0 saturated carbocycles. The van der Waals surface area contributed by atoms with Crippen molar-refractivity contribution in [3.63, 3.8) is 0 Å². The quantitative estimate of drug-likeness (QED) is 0.370. The van der Waals surface area contributed by atoms with Gasteiger partial charge in [-0.25, -0.2) is 13.4 Å². The third-order valence-electron chi connectivity index (χ3n) is 4.83. The Kier molecular flexibility index (Phi) is 7.52. The van der Waals surface area contributed by atoms with Crippen LogP contribution in [0, 0.1) is 0 Å². The highest BCUT2D eigenvalue weighted by Gasteiger charge is 2.29. The molecule has 1 fully saturated rings. The van der Waals surface area contributed by atoms with Crippen LogP contribution in [0.15, 0.2) is 57.0 Å². The van der Waals surface area contributed by atoms with Crippen LogP contribution in [0.25, 0.3) is 11.1 Å². The number of benzene rings is 2. The van der Waals surface area contributed by atoms with Gasteiger partial charge in [0.2, 0.25) is 11.8 Å². The Morgan fingerprint density at radius 2 is 2.06 bits per heavy atom. The van der Waals surface area contributed by atoms with Crippen LogP contribution < -0.4 is 14.8 Å². The number of nitrogens with zero attached hydrogens (tertiary/aromatic N) is 2. The van der Waals surface area contributed by atoms with E-state index in [9.17, 15) is 22.8 Å². The van der Waals surface area contributed by atoms with E-state index in [1.165, 1.54) is 25.3 Å². The van der Waals surface area contributed by atoms with Crippen molar-refractivity contribution in [1.82, 2.24) is 15.2 Å². The lowest BCUT2D eigenvalue weighted by Crippen LogP contribution is -2.38. The Hall–Kier alpha value is -3.23. The van der Waals surface area contributed by atoms with Crippen LogP contribution in [0.1, 0.15) is 0 Å². The summed E-state index contributed by atoms with van der Waals surface area (Å²) in [5, 5.41) is 2.52. The highest BCUT2D eigenvalue weighted by molar-refractivity contribution is 8.14. The highest BCUT2D eigenvalue weighted by atomic mass is 32.2. The van der Waals surface area contributed by atoms with Crippen LogP contribution in [-0.4, -0.2) is 67.1 Å². The molecule has 1 saturated heterocycles. The standard InChI is InChI=1S/C21H20N4O7S3/c1-31-16-5-3-2-4-14(16)24-35(29,30)13-6-7-17-15(10-13)23-20(32-17)33-11-18(26)22-8-9-25-19(27)12-34-21(25)28/h2-7,10,24H,8-9,11-12H2,1H3,(H,22,26). The minimum Gasteiger partial charge on any atom is -0.495 e. The predicted octanol–water partition coefficient (Wildman–Crippen LogP) is 2.54. The monoisotopic (exact) mass is 536 g/mol. The number of rotatable bonds is 10. The average Bonchev–Trinajstić information content (AvgIpc) is 3.40. The van der Waals surface area contributed by atoms with Crippen molar-refractivity contribution in [3.05, 3.63) is 42.5 Å².